The van der Waals surface area contributed by atoms with Crippen molar-refractivity contribution in [3.63, 3.8) is 0 Å². The van der Waals surface area contributed by atoms with E-state index >= 15 is 0 Å². The fourth-order valence-corrected chi connectivity index (χ4v) is 5.08. The largest absolute Gasteiger partial charge is 0.464 e. The SMILES string of the molecule is CCN1CCC(N2C[C@H](n3cc(C(=O)OC)nn3)C[C@H]2C(=O)NCc2cccc(C(F)(F)F)c2)CC1. The minimum atomic E-state index is -4.44. The van der Waals surface area contributed by atoms with E-state index < -0.39 is 23.8 Å². The quantitative estimate of drug-likeness (QED) is 0.575. The molecule has 9 nitrogen and oxygen atoms in total. The molecule has 0 radical (unpaired) electrons. The van der Waals surface area contributed by atoms with Gasteiger partial charge >= 0.3 is 12.1 Å². The maximum atomic E-state index is 13.3. The standard InChI is InChI=1S/C24H31F3N6O3/c1-3-31-9-7-18(8-10-31)32-14-19(33-15-20(29-30-33)23(35)36-2)12-21(32)22(34)28-13-16-5-4-6-17(11-16)24(25,26)27/h4-6,11,15,18-19,21H,3,7-10,12-14H2,1-2H3,(H,28,34)/t19-,21+/m1/s1. The van der Waals surface area contributed by atoms with Gasteiger partial charge in [-0.05, 0) is 56.6 Å². The van der Waals surface area contributed by atoms with Gasteiger partial charge in [0.05, 0.1) is 31.0 Å². The van der Waals surface area contributed by atoms with E-state index in [0.717, 1.165) is 44.6 Å². The highest BCUT2D eigenvalue weighted by molar-refractivity contribution is 5.86. The number of hydrogen-bond donors (Lipinski definition) is 1. The molecule has 1 aromatic carbocycles. The zero-order valence-electron chi connectivity index (χ0n) is 20.4. The summed E-state index contributed by atoms with van der Waals surface area (Å²) in [5.41, 5.74) is -0.264. The van der Waals surface area contributed by atoms with Gasteiger partial charge in [0.2, 0.25) is 5.91 Å². The Kier molecular flexibility index (Phi) is 7.94. The highest BCUT2D eigenvalue weighted by atomic mass is 19.4. The highest BCUT2D eigenvalue weighted by Crippen LogP contribution is 2.33. The normalized spacial score (nSPS) is 22.0. The molecule has 36 heavy (non-hydrogen) atoms. The number of rotatable bonds is 7. The van der Waals surface area contributed by atoms with Crippen LogP contribution >= 0.6 is 0 Å². The maximum absolute atomic E-state index is 13.3. The number of alkyl halides is 3. The molecule has 0 spiro atoms. The third-order valence-corrected chi connectivity index (χ3v) is 7.09. The maximum Gasteiger partial charge on any atom is 0.416 e. The van der Waals surface area contributed by atoms with Gasteiger partial charge in [-0.3, -0.25) is 9.69 Å². The number of hydrogen-bond acceptors (Lipinski definition) is 7. The Labute approximate surface area is 207 Å². The number of carbonyl (C=O) groups excluding carboxylic acids is 2. The number of nitrogens with one attached hydrogen (secondary N) is 1. The smallest absolute Gasteiger partial charge is 0.416 e. The minimum absolute atomic E-state index is 0.00184. The van der Waals surface area contributed by atoms with Crippen molar-refractivity contribution >= 4 is 11.9 Å². The molecule has 0 unspecified atom stereocenters. The third kappa shape index (κ3) is 5.86. The molecule has 12 heteroatoms. The summed E-state index contributed by atoms with van der Waals surface area (Å²) in [5, 5.41) is 10.8. The Morgan fingerprint density at radius 1 is 1.19 bits per heavy atom. The number of aromatic nitrogens is 3. The lowest BCUT2D eigenvalue weighted by Crippen LogP contribution is -2.51. The molecule has 2 fully saturated rings. The van der Waals surface area contributed by atoms with E-state index in [1.165, 1.54) is 19.4 Å². The summed E-state index contributed by atoms with van der Waals surface area (Å²) in [6, 6.07) is 4.53. The number of nitrogens with zero attached hydrogens (tertiary/aromatic N) is 5. The molecule has 0 saturated carbocycles. The molecule has 2 aromatic rings. The Morgan fingerprint density at radius 3 is 2.61 bits per heavy atom. The molecule has 1 amide bonds. The summed E-state index contributed by atoms with van der Waals surface area (Å²) >= 11 is 0. The number of halogens is 3. The molecule has 1 N–H and O–H groups in total. The Hall–Kier alpha value is -2.99. The zero-order chi connectivity index (χ0) is 25.9. The van der Waals surface area contributed by atoms with Gasteiger partial charge in [0.1, 0.15) is 0 Å². The number of piperidine rings is 1. The molecular formula is C24H31F3N6O3. The van der Waals surface area contributed by atoms with Crippen LogP contribution in [0.4, 0.5) is 13.2 Å². The van der Waals surface area contributed by atoms with Gasteiger partial charge in [-0.15, -0.1) is 5.10 Å². The Balaban J connectivity index is 1.48. The van der Waals surface area contributed by atoms with Crippen LogP contribution in [-0.2, 0) is 22.3 Å². The van der Waals surface area contributed by atoms with E-state index in [4.69, 9.17) is 4.74 Å². The number of likely N-dealkylation sites (tertiary alicyclic amines) is 2. The third-order valence-electron chi connectivity index (χ3n) is 7.09. The van der Waals surface area contributed by atoms with Crippen LogP contribution < -0.4 is 5.32 Å². The first-order valence-electron chi connectivity index (χ1n) is 12.1. The second kappa shape index (κ2) is 11.0. The number of amides is 1. The summed E-state index contributed by atoms with van der Waals surface area (Å²) in [6.07, 6.45) is -0.626. The summed E-state index contributed by atoms with van der Waals surface area (Å²) in [6.45, 7) is 5.54. The van der Waals surface area contributed by atoms with Crippen LogP contribution in [0.5, 0.6) is 0 Å². The summed E-state index contributed by atoms with van der Waals surface area (Å²) in [4.78, 5) is 29.7. The van der Waals surface area contributed by atoms with Gasteiger partial charge in [-0.2, -0.15) is 13.2 Å². The molecule has 1 aromatic heterocycles. The number of carbonyl (C=O) groups is 2. The molecule has 2 saturated heterocycles. The predicted molar refractivity (Wildman–Crippen MR) is 124 cm³/mol. The van der Waals surface area contributed by atoms with Crippen molar-refractivity contribution in [2.75, 3.05) is 33.3 Å². The van der Waals surface area contributed by atoms with E-state index in [-0.39, 0.29) is 30.2 Å². The van der Waals surface area contributed by atoms with Gasteiger partial charge in [0, 0.05) is 19.1 Å². The summed E-state index contributed by atoms with van der Waals surface area (Å²) in [5.74, 6) is -0.820. The number of benzene rings is 1. The van der Waals surface area contributed by atoms with Crippen LogP contribution in [0, 0.1) is 0 Å². The molecule has 2 aliphatic heterocycles. The monoisotopic (exact) mass is 508 g/mol. The minimum Gasteiger partial charge on any atom is -0.464 e. The molecule has 3 heterocycles. The first-order valence-corrected chi connectivity index (χ1v) is 12.1. The predicted octanol–water partition coefficient (Wildman–Crippen LogP) is 2.50. The average Bonchev–Trinajstić information content (AvgIpc) is 3.54. The van der Waals surface area contributed by atoms with Gasteiger partial charge in [-0.1, -0.05) is 24.3 Å². The van der Waals surface area contributed by atoms with Gasteiger partial charge in [0.25, 0.3) is 0 Å². The van der Waals surface area contributed by atoms with Gasteiger partial charge in [-0.25, -0.2) is 9.48 Å². The van der Waals surface area contributed by atoms with Crippen molar-refractivity contribution in [1.29, 1.82) is 0 Å². The molecule has 2 atom stereocenters. The van der Waals surface area contributed by atoms with Crippen LogP contribution in [0.1, 0.15) is 53.8 Å². The first-order chi connectivity index (χ1) is 17.2. The lowest BCUT2D eigenvalue weighted by atomic mass is 10.0. The van der Waals surface area contributed by atoms with Crippen molar-refractivity contribution in [3.05, 3.63) is 47.3 Å². The van der Waals surface area contributed by atoms with Crippen molar-refractivity contribution in [2.24, 2.45) is 0 Å². The zero-order valence-corrected chi connectivity index (χ0v) is 20.4. The first kappa shape index (κ1) is 26.1. The van der Waals surface area contributed by atoms with E-state index in [1.807, 2.05) is 0 Å². The second-order valence-corrected chi connectivity index (χ2v) is 9.26. The second-order valence-electron chi connectivity index (χ2n) is 9.26. The fraction of sp³-hybridized carbons (Fsp3) is 0.583. The molecule has 2 aliphatic rings. The lowest BCUT2D eigenvalue weighted by molar-refractivity contribution is -0.137. The summed E-state index contributed by atoms with van der Waals surface area (Å²) in [7, 11) is 1.27. The lowest BCUT2D eigenvalue weighted by Gasteiger charge is -2.38. The van der Waals surface area contributed by atoms with Gasteiger partial charge < -0.3 is 15.0 Å². The van der Waals surface area contributed by atoms with Crippen LogP contribution in [0.15, 0.2) is 30.5 Å². The van der Waals surface area contributed by atoms with E-state index in [9.17, 15) is 22.8 Å². The topological polar surface area (TPSA) is 92.6 Å². The Morgan fingerprint density at radius 2 is 1.94 bits per heavy atom. The van der Waals surface area contributed by atoms with Crippen molar-refractivity contribution < 1.29 is 27.5 Å². The number of esters is 1. The van der Waals surface area contributed by atoms with Crippen molar-refractivity contribution in [2.45, 2.75) is 57.0 Å². The number of methoxy groups -OCH3 is 1. The van der Waals surface area contributed by atoms with Crippen molar-refractivity contribution in [1.82, 2.24) is 30.1 Å². The van der Waals surface area contributed by atoms with Crippen LogP contribution in [0.2, 0.25) is 0 Å². The molecule has 196 valence electrons. The van der Waals surface area contributed by atoms with Gasteiger partial charge in [0.15, 0.2) is 5.69 Å². The van der Waals surface area contributed by atoms with Crippen LogP contribution in [0.3, 0.4) is 0 Å². The molecular weight excluding hydrogens is 477 g/mol. The molecule has 0 bridgehead atoms. The Bertz CT molecular complexity index is 1070. The average molecular weight is 509 g/mol. The summed E-state index contributed by atoms with van der Waals surface area (Å²) < 4.78 is 45.5. The number of ether oxygens (including phenoxy) is 1. The van der Waals surface area contributed by atoms with E-state index in [1.54, 1.807) is 10.7 Å². The fourth-order valence-electron chi connectivity index (χ4n) is 5.08. The van der Waals surface area contributed by atoms with E-state index in [0.29, 0.717) is 18.5 Å². The van der Waals surface area contributed by atoms with Crippen LogP contribution in [0.25, 0.3) is 0 Å². The van der Waals surface area contributed by atoms with Crippen molar-refractivity contribution in [3.8, 4) is 0 Å². The van der Waals surface area contributed by atoms with Crippen LogP contribution in [-0.4, -0.2) is 82.0 Å². The highest BCUT2D eigenvalue weighted by Gasteiger charge is 2.42. The molecule has 0 aliphatic carbocycles. The van der Waals surface area contributed by atoms with E-state index in [2.05, 4.69) is 32.4 Å². The molecule has 4 rings (SSSR count).